The largest absolute Gasteiger partial charge is 0.344 e. The molecule has 1 aliphatic rings. The molecular weight excluding hydrogens is 242 g/mol. The van der Waals surface area contributed by atoms with Crippen molar-refractivity contribution in [2.45, 2.75) is 32.1 Å². The van der Waals surface area contributed by atoms with Gasteiger partial charge >= 0.3 is 0 Å². The third-order valence-electron chi connectivity index (χ3n) is 2.64. The average molecular weight is 260 g/mol. The normalized spacial score (nSPS) is 19.5. The van der Waals surface area contributed by atoms with Gasteiger partial charge in [0.2, 0.25) is 0 Å². The minimum Gasteiger partial charge on any atom is -0.344 e. The Hall–Kier alpha value is -0.310. The van der Waals surface area contributed by atoms with Crippen LogP contribution in [-0.4, -0.2) is 24.9 Å². The Morgan fingerprint density at radius 2 is 1.86 bits per heavy atom. The van der Waals surface area contributed by atoms with Crippen molar-refractivity contribution in [3.05, 3.63) is 10.6 Å². The lowest BCUT2D eigenvalue weighted by molar-refractivity contribution is -0.123. The first kappa shape index (κ1) is 11.8. The van der Waals surface area contributed by atoms with E-state index < -0.39 is 0 Å². The van der Waals surface area contributed by atoms with E-state index in [-0.39, 0.29) is 5.91 Å². The predicted molar refractivity (Wildman–Crippen MR) is 62.3 cm³/mol. The van der Waals surface area contributed by atoms with Crippen molar-refractivity contribution in [3.8, 4) is 0 Å². The summed E-state index contributed by atoms with van der Waals surface area (Å²) in [6, 6.07) is 0. The van der Waals surface area contributed by atoms with Crippen molar-refractivity contribution in [1.29, 1.82) is 0 Å². The molecule has 0 saturated heterocycles. The number of allylic oxidation sites excluding steroid dienone is 1. The fourth-order valence-electron chi connectivity index (χ4n) is 1.79. The second-order valence-corrected chi connectivity index (χ2v) is 4.97. The van der Waals surface area contributed by atoms with E-state index in [4.69, 9.17) is 0 Å². The number of carbonyl (C=O) groups excluding carboxylic acids is 1. The molecule has 0 N–H and O–H groups in total. The van der Waals surface area contributed by atoms with Gasteiger partial charge in [0.25, 0.3) is 5.91 Å². The van der Waals surface area contributed by atoms with Gasteiger partial charge in [-0.05, 0) is 34.7 Å². The number of likely N-dealkylation sites (N-methyl/N-ethyl adjacent to an activating group) is 1. The van der Waals surface area contributed by atoms with E-state index in [0.29, 0.717) is 5.92 Å². The van der Waals surface area contributed by atoms with Gasteiger partial charge in [0.1, 0.15) is 0 Å². The molecule has 0 aromatic rings. The molecule has 2 nitrogen and oxygen atoms in total. The van der Waals surface area contributed by atoms with Crippen LogP contribution in [0.3, 0.4) is 0 Å². The zero-order chi connectivity index (χ0) is 10.6. The third-order valence-corrected chi connectivity index (χ3v) is 3.25. The number of carbonyl (C=O) groups is 1. The number of hydrogen-bond donors (Lipinski definition) is 0. The van der Waals surface area contributed by atoms with Gasteiger partial charge < -0.3 is 4.90 Å². The Morgan fingerprint density at radius 3 is 2.36 bits per heavy atom. The molecular formula is C11H18BrNO. The van der Waals surface area contributed by atoms with Crippen LogP contribution in [0.1, 0.15) is 32.1 Å². The van der Waals surface area contributed by atoms with Crippen LogP contribution in [0.15, 0.2) is 10.6 Å². The second kappa shape index (κ2) is 5.54. The van der Waals surface area contributed by atoms with E-state index in [0.717, 1.165) is 4.48 Å². The highest BCUT2D eigenvalue weighted by Crippen LogP contribution is 2.27. The van der Waals surface area contributed by atoms with Crippen LogP contribution in [0, 0.1) is 5.92 Å². The summed E-state index contributed by atoms with van der Waals surface area (Å²) >= 11 is 3.35. The summed E-state index contributed by atoms with van der Waals surface area (Å²) < 4.78 is 0.717. The van der Waals surface area contributed by atoms with Crippen molar-refractivity contribution in [2.24, 2.45) is 5.92 Å². The SMILES string of the molecule is CN(C)C(=O)C(Br)=CC1CCCCC1. The molecule has 1 amide bonds. The number of hydrogen-bond acceptors (Lipinski definition) is 1. The first-order chi connectivity index (χ1) is 6.61. The standard InChI is InChI=1S/C11H18BrNO/c1-13(2)11(14)10(12)8-9-6-4-3-5-7-9/h8-9H,3-7H2,1-2H3. The maximum Gasteiger partial charge on any atom is 0.260 e. The van der Waals surface area contributed by atoms with E-state index in [1.165, 1.54) is 32.1 Å². The lowest BCUT2D eigenvalue weighted by atomic mass is 9.89. The topological polar surface area (TPSA) is 20.3 Å². The van der Waals surface area contributed by atoms with Crippen LogP contribution >= 0.6 is 15.9 Å². The van der Waals surface area contributed by atoms with E-state index in [1.807, 2.05) is 0 Å². The van der Waals surface area contributed by atoms with Gasteiger partial charge in [0, 0.05) is 14.1 Å². The van der Waals surface area contributed by atoms with E-state index in [1.54, 1.807) is 19.0 Å². The molecule has 0 aromatic heterocycles. The number of rotatable bonds is 2. The zero-order valence-corrected chi connectivity index (χ0v) is 10.5. The van der Waals surface area contributed by atoms with Gasteiger partial charge in [0.05, 0.1) is 4.48 Å². The van der Waals surface area contributed by atoms with Crippen LogP contribution < -0.4 is 0 Å². The molecule has 0 spiro atoms. The highest BCUT2D eigenvalue weighted by Gasteiger charge is 2.14. The predicted octanol–water partition coefficient (Wildman–Crippen LogP) is 2.93. The highest BCUT2D eigenvalue weighted by atomic mass is 79.9. The maximum absolute atomic E-state index is 11.5. The molecule has 0 radical (unpaired) electrons. The second-order valence-electron chi connectivity index (χ2n) is 4.11. The average Bonchev–Trinajstić information content (AvgIpc) is 2.18. The molecule has 1 rings (SSSR count). The fraction of sp³-hybridized carbons (Fsp3) is 0.727. The molecule has 0 bridgehead atoms. The molecule has 0 aromatic carbocycles. The molecule has 80 valence electrons. The van der Waals surface area contributed by atoms with Gasteiger partial charge in [-0.25, -0.2) is 0 Å². The number of amides is 1. The third kappa shape index (κ3) is 3.45. The Morgan fingerprint density at radius 1 is 1.29 bits per heavy atom. The molecule has 0 atom stereocenters. The minimum absolute atomic E-state index is 0.0653. The fourth-order valence-corrected chi connectivity index (χ4v) is 2.52. The summed E-state index contributed by atoms with van der Waals surface area (Å²) in [7, 11) is 3.55. The molecule has 1 saturated carbocycles. The first-order valence-electron chi connectivity index (χ1n) is 5.20. The Labute approximate surface area is 94.5 Å². The Balaban J connectivity index is 2.53. The van der Waals surface area contributed by atoms with Gasteiger partial charge in [-0.1, -0.05) is 25.3 Å². The van der Waals surface area contributed by atoms with Gasteiger partial charge in [-0.15, -0.1) is 0 Å². The van der Waals surface area contributed by atoms with Crippen molar-refractivity contribution in [2.75, 3.05) is 14.1 Å². The summed E-state index contributed by atoms with van der Waals surface area (Å²) in [5.41, 5.74) is 0. The van der Waals surface area contributed by atoms with Crippen LogP contribution in [0.25, 0.3) is 0 Å². The van der Waals surface area contributed by atoms with Crippen LogP contribution in [-0.2, 0) is 4.79 Å². The van der Waals surface area contributed by atoms with Gasteiger partial charge in [-0.3, -0.25) is 4.79 Å². The highest BCUT2D eigenvalue weighted by molar-refractivity contribution is 9.12. The maximum atomic E-state index is 11.5. The summed E-state index contributed by atoms with van der Waals surface area (Å²) in [4.78, 5) is 13.1. The zero-order valence-electron chi connectivity index (χ0n) is 8.92. The van der Waals surface area contributed by atoms with Gasteiger partial charge in [-0.2, -0.15) is 0 Å². The molecule has 1 fully saturated rings. The van der Waals surface area contributed by atoms with E-state index in [9.17, 15) is 4.79 Å². The lowest BCUT2D eigenvalue weighted by Crippen LogP contribution is -2.22. The summed E-state index contributed by atoms with van der Waals surface area (Å²) in [6.07, 6.45) is 8.51. The molecule has 1 aliphatic carbocycles. The summed E-state index contributed by atoms with van der Waals surface area (Å²) in [5, 5.41) is 0. The van der Waals surface area contributed by atoms with Gasteiger partial charge in [0.15, 0.2) is 0 Å². The van der Waals surface area contributed by atoms with Crippen LogP contribution in [0.4, 0.5) is 0 Å². The summed E-state index contributed by atoms with van der Waals surface area (Å²) in [6.45, 7) is 0. The van der Waals surface area contributed by atoms with E-state index in [2.05, 4.69) is 22.0 Å². The van der Waals surface area contributed by atoms with Crippen LogP contribution in [0.2, 0.25) is 0 Å². The lowest BCUT2D eigenvalue weighted by Gasteiger charge is -2.19. The quantitative estimate of drug-likeness (QED) is 0.699. The number of nitrogens with zero attached hydrogens (tertiary/aromatic N) is 1. The van der Waals surface area contributed by atoms with E-state index >= 15 is 0 Å². The van der Waals surface area contributed by atoms with Crippen molar-refractivity contribution in [3.63, 3.8) is 0 Å². The van der Waals surface area contributed by atoms with Crippen molar-refractivity contribution in [1.82, 2.24) is 4.90 Å². The monoisotopic (exact) mass is 259 g/mol. The van der Waals surface area contributed by atoms with Crippen molar-refractivity contribution < 1.29 is 4.79 Å². The molecule has 0 aliphatic heterocycles. The smallest absolute Gasteiger partial charge is 0.260 e. The molecule has 3 heteroatoms. The first-order valence-corrected chi connectivity index (χ1v) is 5.99. The molecule has 0 heterocycles. The minimum atomic E-state index is 0.0653. The molecule has 0 unspecified atom stereocenters. The summed E-state index contributed by atoms with van der Waals surface area (Å²) in [5.74, 6) is 0.664. The van der Waals surface area contributed by atoms with Crippen LogP contribution in [0.5, 0.6) is 0 Å². The number of halogens is 1. The molecule has 14 heavy (non-hydrogen) atoms. The Kier molecular flexibility index (Phi) is 4.66. The Bertz CT molecular complexity index is 229. The van der Waals surface area contributed by atoms with Crippen molar-refractivity contribution >= 4 is 21.8 Å².